The molecule has 1 aliphatic rings. The van der Waals surface area contributed by atoms with Crippen molar-refractivity contribution in [3.8, 4) is 0 Å². The molecule has 1 aromatic heterocycles. The molecule has 1 saturated carbocycles. The number of hydrogen-bond acceptors (Lipinski definition) is 3. The van der Waals surface area contributed by atoms with Gasteiger partial charge in [0.2, 0.25) is 0 Å². The summed E-state index contributed by atoms with van der Waals surface area (Å²) in [6, 6.07) is 6.13. The van der Waals surface area contributed by atoms with Gasteiger partial charge in [0.15, 0.2) is 0 Å². The van der Waals surface area contributed by atoms with Crippen molar-refractivity contribution >= 4 is 0 Å². The highest BCUT2D eigenvalue weighted by molar-refractivity contribution is 5.05. The molecule has 1 heterocycles. The monoisotopic (exact) mass is 275 g/mol. The van der Waals surface area contributed by atoms with Crippen molar-refractivity contribution < 1.29 is 0 Å². The zero-order valence-corrected chi connectivity index (χ0v) is 13.2. The molecular weight excluding hydrogens is 246 g/mol. The largest absolute Gasteiger partial charge is 0.329 e. The fourth-order valence-electron chi connectivity index (χ4n) is 3.54. The molecule has 2 unspecified atom stereocenters. The summed E-state index contributed by atoms with van der Waals surface area (Å²) in [4.78, 5) is 6.90. The molecule has 0 aromatic carbocycles. The quantitative estimate of drug-likeness (QED) is 0.898. The maximum atomic E-state index is 6.19. The summed E-state index contributed by atoms with van der Waals surface area (Å²) in [5.41, 5.74) is 7.48. The van der Waals surface area contributed by atoms with Crippen LogP contribution in [0.25, 0.3) is 0 Å². The summed E-state index contributed by atoms with van der Waals surface area (Å²) in [7, 11) is 2.21. The molecule has 1 fully saturated rings. The Kier molecular flexibility index (Phi) is 5.17. The van der Waals surface area contributed by atoms with E-state index in [0.717, 1.165) is 30.6 Å². The highest BCUT2D eigenvalue weighted by Gasteiger charge is 2.39. The Hall–Kier alpha value is -0.930. The fourth-order valence-corrected chi connectivity index (χ4v) is 3.54. The molecule has 0 amide bonds. The topological polar surface area (TPSA) is 42.1 Å². The van der Waals surface area contributed by atoms with E-state index in [9.17, 15) is 0 Å². The Morgan fingerprint density at radius 1 is 1.45 bits per heavy atom. The molecule has 3 heteroatoms. The highest BCUT2D eigenvalue weighted by atomic mass is 15.2. The first-order valence-electron chi connectivity index (χ1n) is 7.88. The average Bonchev–Trinajstić information content (AvgIpc) is 2.48. The predicted molar refractivity (Wildman–Crippen MR) is 84.3 cm³/mol. The normalized spacial score (nSPS) is 27.2. The van der Waals surface area contributed by atoms with Crippen LogP contribution < -0.4 is 5.73 Å². The third-order valence-corrected chi connectivity index (χ3v) is 5.12. The van der Waals surface area contributed by atoms with E-state index in [-0.39, 0.29) is 5.54 Å². The number of nitrogens with two attached hydrogens (primary N) is 1. The van der Waals surface area contributed by atoms with E-state index in [1.807, 2.05) is 12.3 Å². The molecule has 2 N–H and O–H groups in total. The molecule has 0 radical (unpaired) electrons. The van der Waals surface area contributed by atoms with E-state index in [2.05, 4.69) is 42.9 Å². The molecule has 112 valence electrons. The van der Waals surface area contributed by atoms with Crippen molar-refractivity contribution in [2.75, 3.05) is 13.6 Å². The van der Waals surface area contributed by atoms with Gasteiger partial charge >= 0.3 is 0 Å². The lowest BCUT2D eigenvalue weighted by molar-refractivity contribution is 0.0388. The second-order valence-corrected chi connectivity index (χ2v) is 6.71. The predicted octanol–water partition coefficient (Wildman–Crippen LogP) is 3.06. The van der Waals surface area contributed by atoms with E-state index in [0.29, 0.717) is 0 Å². The van der Waals surface area contributed by atoms with Gasteiger partial charge in [-0.3, -0.25) is 9.88 Å². The Labute approximate surface area is 123 Å². The van der Waals surface area contributed by atoms with Crippen molar-refractivity contribution in [3.05, 3.63) is 30.1 Å². The van der Waals surface area contributed by atoms with Crippen molar-refractivity contribution in [1.29, 1.82) is 0 Å². The van der Waals surface area contributed by atoms with Crippen LogP contribution in [0.3, 0.4) is 0 Å². The summed E-state index contributed by atoms with van der Waals surface area (Å²) >= 11 is 0. The van der Waals surface area contributed by atoms with Gasteiger partial charge in [0, 0.05) is 24.8 Å². The molecule has 0 saturated heterocycles. The molecule has 2 atom stereocenters. The maximum Gasteiger partial charge on any atom is 0.0544 e. The SMILES string of the molecule is CC(C)C1CCCC(CN)(N(C)Cc2ccccn2)C1. The molecule has 20 heavy (non-hydrogen) atoms. The number of rotatable bonds is 5. The minimum atomic E-state index is 0.157. The van der Waals surface area contributed by atoms with Gasteiger partial charge in [0.25, 0.3) is 0 Å². The van der Waals surface area contributed by atoms with Gasteiger partial charge in [-0.1, -0.05) is 32.8 Å². The summed E-state index contributed by atoms with van der Waals surface area (Å²) in [5, 5.41) is 0. The van der Waals surface area contributed by atoms with E-state index in [1.54, 1.807) is 0 Å². The second kappa shape index (κ2) is 6.68. The number of pyridine rings is 1. The molecule has 1 aromatic rings. The molecule has 1 aliphatic carbocycles. The van der Waals surface area contributed by atoms with E-state index in [1.165, 1.54) is 25.7 Å². The van der Waals surface area contributed by atoms with Crippen molar-refractivity contribution in [2.24, 2.45) is 17.6 Å². The lowest BCUT2D eigenvalue weighted by atomic mass is 9.71. The van der Waals surface area contributed by atoms with Gasteiger partial charge in [-0.2, -0.15) is 0 Å². The molecule has 0 bridgehead atoms. The van der Waals surface area contributed by atoms with Crippen LogP contribution in [0.4, 0.5) is 0 Å². The van der Waals surface area contributed by atoms with Crippen molar-refractivity contribution in [1.82, 2.24) is 9.88 Å². The number of aromatic nitrogens is 1. The maximum absolute atomic E-state index is 6.19. The van der Waals surface area contributed by atoms with Crippen LogP contribution in [0.2, 0.25) is 0 Å². The zero-order chi connectivity index (χ0) is 14.6. The summed E-state index contributed by atoms with van der Waals surface area (Å²) < 4.78 is 0. The van der Waals surface area contributed by atoms with E-state index in [4.69, 9.17) is 5.73 Å². The number of hydrogen-bond donors (Lipinski definition) is 1. The van der Waals surface area contributed by atoms with Crippen LogP contribution >= 0.6 is 0 Å². The average molecular weight is 275 g/mol. The van der Waals surface area contributed by atoms with Crippen molar-refractivity contribution in [2.45, 2.75) is 51.6 Å². The van der Waals surface area contributed by atoms with Crippen molar-refractivity contribution in [3.63, 3.8) is 0 Å². The molecule has 0 spiro atoms. The Morgan fingerprint density at radius 3 is 2.85 bits per heavy atom. The number of nitrogens with zero attached hydrogens (tertiary/aromatic N) is 2. The van der Waals surface area contributed by atoms with Gasteiger partial charge < -0.3 is 5.73 Å². The molecule has 3 nitrogen and oxygen atoms in total. The van der Waals surface area contributed by atoms with Crippen LogP contribution in [0.15, 0.2) is 24.4 Å². The summed E-state index contributed by atoms with van der Waals surface area (Å²) in [5.74, 6) is 1.56. The molecule has 2 rings (SSSR count). The van der Waals surface area contributed by atoms with Gasteiger partial charge in [0.1, 0.15) is 0 Å². The van der Waals surface area contributed by atoms with Crippen LogP contribution in [0, 0.1) is 11.8 Å². The Balaban J connectivity index is 2.09. The third kappa shape index (κ3) is 3.39. The summed E-state index contributed by atoms with van der Waals surface area (Å²) in [6.07, 6.45) is 6.97. The van der Waals surface area contributed by atoms with Gasteiger partial charge in [0.05, 0.1) is 5.69 Å². The minimum absolute atomic E-state index is 0.157. The van der Waals surface area contributed by atoms with Gasteiger partial charge in [-0.25, -0.2) is 0 Å². The zero-order valence-electron chi connectivity index (χ0n) is 13.2. The highest BCUT2D eigenvalue weighted by Crippen LogP contribution is 2.39. The van der Waals surface area contributed by atoms with Crippen LogP contribution in [-0.4, -0.2) is 29.0 Å². The Bertz CT molecular complexity index is 404. The van der Waals surface area contributed by atoms with Gasteiger partial charge in [-0.05, 0) is 43.9 Å². The standard InChI is InChI=1S/C17H29N3/c1-14(2)15-7-6-9-17(11-15,13-18)20(3)12-16-8-4-5-10-19-16/h4-5,8,10,14-15H,6-7,9,11-13,18H2,1-3H3. The minimum Gasteiger partial charge on any atom is -0.329 e. The summed E-state index contributed by atoms with van der Waals surface area (Å²) in [6.45, 7) is 6.33. The second-order valence-electron chi connectivity index (χ2n) is 6.71. The van der Waals surface area contributed by atoms with Crippen LogP contribution in [0.5, 0.6) is 0 Å². The van der Waals surface area contributed by atoms with Crippen LogP contribution in [-0.2, 0) is 6.54 Å². The molecule has 0 aliphatic heterocycles. The number of likely N-dealkylation sites (N-methyl/N-ethyl adjacent to an activating group) is 1. The lowest BCUT2D eigenvalue weighted by Gasteiger charge is -2.47. The Morgan fingerprint density at radius 2 is 2.25 bits per heavy atom. The van der Waals surface area contributed by atoms with E-state index >= 15 is 0 Å². The fraction of sp³-hybridized carbons (Fsp3) is 0.706. The molecular formula is C17H29N3. The lowest BCUT2D eigenvalue weighted by Crippen LogP contribution is -2.54. The first kappa shape index (κ1) is 15.5. The third-order valence-electron chi connectivity index (χ3n) is 5.12. The smallest absolute Gasteiger partial charge is 0.0544 e. The first-order chi connectivity index (χ1) is 9.57. The van der Waals surface area contributed by atoms with E-state index < -0.39 is 0 Å². The van der Waals surface area contributed by atoms with Gasteiger partial charge in [-0.15, -0.1) is 0 Å². The first-order valence-corrected chi connectivity index (χ1v) is 7.88. The van der Waals surface area contributed by atoms with Crippen LogP contribution in [0.1, 0.15) is 45.2 Å².